The summed E-state index contributed by atoms with van der Waals surface area (Å²) in [7, 11) is 0. The molecule has 15 heavy (non-hydrogen) atoms. The van der Waals surface area contributed by atoms with Crippen LogP contribution in [0.1, 0.15) is 22.8 Å². The van der Waals surface area contributed by atoms with Crippen molar-refractivity contribution in [1.82, 2.24) is 5.32 Å². The number of carbonyl (C=O) groups is 1. The van der Waals surface area contributed by atoms with Crippen molar-refractivity contribution in [3.8, 4) is 0 Å². The molecule has 0 aromatic carbocycles. The molecule has 0 fully saturated rings. The molecule has 0 radical (unpaired) electrons. The lowest BCUT2D eigenvalue weighted by atomic mass is 10.1. The molecule has 1 aromatic heterocycles. The molecule has 0 aliphatic heterocycles. The highest BCUT2D eigenvalue weighted by atomic mass is 32.1. The smallest absolute Gasteiger partial charge is 0.252 e. The van der Waals surface area contributed by atoms with Gasteiger partial charge in [0.1, 0.15) is 0 Å². The lowest BCUT2D eigenvalue weighted by Gasteiger charge is -2.10. The predicted octanol–water partition coefficient (Wildman–Crippen LogP) is 1.71. The molecule has 5 heteroatoms. The largest absolute Gasteiger partial charge is 0.393 e. The number of aryl methyl sites for hydroxylation is 1. The first-order chi connectivity index (χ1) is 7.02. The lowest BCUT2D eigenvalue weighted by Crippen LogP contribution is -2.33. The fraction of sp³-hybridized carbons (Fsp3) is 0.400. The number of nitrogens with two attached hydrogens (primary N) is 1. The third-order valence-corrected chi connectivity index (χ3v) is 3.42. The van der Waals surface area contributed by atoms with Crippen LogP contribution in [0.5, 0.6) is 0 Å². The zero-order chi connectivity index (χ0) is 11.4. The number of hydrogen-bond donors (Lipinski definition) is 2. The molecule has 3 nitrogen and oxygen atoms in total. The van der Waals surface area contributed by atoms with Gasteiger partial charge in [-0.05, 0) is 17.9 Å². The Morgan fingerprint density at radius 1 is 1.67 bits per heavy atom. The molecule has 1 rings (SSSR count). The average Bonchev–Trinajstić information content (AvgIpc) is 2.60. The maximum absolute atomic E-state index is 11.7. The first-order valence-corrected chi connectivity index (χ1v) is 5.97. The van der Waals surface area contributed by atoms with Crippen molar-refractivity contribution in [2.45, 2.75) is 13.8 Å². The Bertz CT molecular complexity index is 373. The molecule has 0 aliphatic carbocycles. The minimum atomic E-state index is -0.0585. The lowest BCUT2D eigenvalue weighted by molar-refractivity contribution is 0.0951. The van der Waals surface area contributed by atoms with Crippen LogP contribution in [0.25, 0.3) is 0 Å². The van der Waals surface area contributed by atoms with E-state index < -0.39 is 0 Å². The van der Waals surface area contributed by atoms with Crippen LogP contribution < -0.4 is 11.1 Å². The van der Waals surface area contributed by atoms with E-state index in [2.05, 4.69) is 5.32 Å². The second-order valence-electron chi connectivity index (χ2n) is 3.48. The molecule has 3 N–H and O–H groups in total. The number of hydrogen-bond acceptors (Lipinski definition) is 3. The number of amides is 1. The normalized spacial score (nSPS) is 12.1. The summed E-state index contributed by atoms with van der Waals surface area (Å²) >= 11 is 6.35. The summed E-state index contributed by atoms with van der Waals surface area (Å²) < 4.78 is 0. The Balaban J connectivity index is 2.51. The molecule has 0 bridgehead atoms. The third-order valence-electron chi connectivity index (χ3n) is 2.15. The van der Waals surface area contributed by atoms with E-state index in [9.17, 15) is 4.79 Å². The molecular formula is C10H14N2OS2. The molecule has 0 spiro atoms. The van der Waals surface area contributed by atoms with Crippen molar-refractivity contribution in [3.05, 3.63) is 21.9 Å². The summed E-state index contributed by atoms with van der Waals surface area (Å²) in [5, 5.41) is 6.60. The zero-order valence-electron chi connectivity index (χ0n) is 8.74. The number of thiophene rings is 1. The summed E-state index contributed by atoms with van der Waals surface area (Å²) in [6.45, 7) is 4.30. The quantitative estimate of drug-likeness (QED) is 0.790. The average molecular weight is 242 g/mol. The molecule has 1 heterocycles. The fourth-order valence-electron chi connectivity index (χ4n) is 1.03. The zero-order valence-corrected chi connectivity index (χ0v) is 10.4. The summed E-state index contributed by atoms with van der Waals surface area (Å²) in [5.41, 5.74) is 7.19. The second-order valence-corrected chi connectivity index (χ2v) is 4.70. The van der Waals surface area contributed by atoms with Crippen LogP contribution >= 0.6 is 23.6 Å². The van der Waals surface area contributed by atoms with E-state index >= 15 is 0 Å². The van der Waals surface area contributed by atoms with E-state index in [1.54, 1.807) is 0 Å². The molecule has 82 valence electrons. The Morgan fingerprint density at radius 3 is 2.80 bits per heavy atom. The van der Waals surface area contributed by atoms with Gasteiger partial charge in [-0.25, -0.2) is 0 Å². The second kappa shape index (κ2) is 5.23. The topological polar surface area (TPSA) is 55.1 Å². The van der Waals surface area contributed by atoms with Gasteiger partial charge in [0.05, 0.1) is 10.6 Å². The minimum Gasteiger partial charge on any atom is -0.393 e. The van der Waals surface area contributed by atoms with Crippen molar-refractivity contribution in [2.24, 2.45) is 11.7 Å². The molecular weight excluding hydrogens is 228 g/mol. The van der Waals surface area contributed by atoms with Crippen LogP contribution in [0.4, 0.5) is 0 Å². The number of carbonyl (C=O) groups excluding carboxylic acids is 1. The highest BCUT2D eigenvalue weighted by Crippen LogP contribution is 2.13. The van der Waals surface area contributed by atoms with Crippen molar-refractivity contribution in [2.75, 3.05) is 6.54 Å². The maximum atomic E-state index is 11.7. The fourth-order valence-corrected chi connectivity index (χ4v) is 1.95. The first-order valence-electron chi connectivity index (χ1n) is 4.62. The van der Waals surface area contributed by atoms with E-state index in [-0.39, 0.29) is 11.8 Å². The van der Waals surface area contributed by atoms with Crippen molar-refractivity contribution < 1.29 is 4.79 Å². The first kappa shape index (κ1) is 12.1. The molecule has 1 aromatic rings. The maximum Gasteiger partial charge on any atom is 0.252 e. The van der Waals surface area contributed by atoms with Gasteiger partial charge < -0.3 is 11.1 Å². The molecule has 0 aliphatic rings. The Hall–Kier alpha value is -0.940. The minimum absolute atomic E-state index is 0.0305. The van der Waals surface area contributed by atoms with Crippen LogP contribution in [0.2, 0.25) is 0 Å². The van der Waals surface area contributed by atoms with Crippen LogP contribution in [0.15, 0.2) is 10.8 Å². The van der Waals surface area contributed by atoms with Gasteiger partial charge in [0.2, 0.25) is 0 Å². The summed E-state index contributed by atoms with van der Waals surface area (Å²) in [6.07, 6.45) is 0. The Morgan fingerprint density at radius 2 is 2.33 bits per heavy atom. The standard InChI is InChI=1S/C10H14N2OS2/c1-6(9(11)14)3-12-10(13)8-5-15-4-7(8)2/h4-6H,3H2,1-2H3,(H2,11,14)(H,12,13). The molecule has 1 unspecified atom stereocenters. The Labute approximate surface area is 98.7 Å². The van der Waals surface area contributed by atoms with Crippen LogP contribution in [0.3, 0.4) is 0 Å². The van der Waals surface area contributed by atoms with E-state index in [0.717, 1.165) is 11.1 Å². The predicted molar refractivity (Wildman–Crippen MR) is 67.3 cm³/mol. The van der Waals surface area contributed by atoms with E-state index in [0.29, 0.717) is 11.5 Å². The molecule has 1 amide bonds. The van der Waals surface area contributed by atoms with Gasteiger partial charge in [-0.15, -0.1) is 0 Å². The van der Waals surface area contributed by atoms with Gasteiger partial charge in [-0.2, -0.15) is 11.3 Å². The van der Waals surface area contributed by atoms with Crippen LogP contribution in [-0.2, 0) is 0 Å². The SMILES string of the molecule is Cc1cscc1C(=O)NCC(C)C(N)=S. The van der Waals surface area contributed by atoms with Gasteiger partial charge in [-0.3, -0.25) is 4.79 Å². The molecule has 0 saturated heterocycles. The van der Waals surface area contributed by atoms with Gasteiger partial charge in [-0.1, -0.05) is 19.1 Å². The molecule has 0 saturated carbocycles. The summed E-state index contributed by atoms with van der Waals surface area (Å²) in [4.78, 5) is 12.1. The number of nitrogens with one attached hydrogen (secondary N) is 1. The van der Waals surface area contributed by atoms with Gasteiger partial charge in [0, 0.05) is 17.8 Å². The highest BCUT2D eigenvalue weighted by molar-refractivity contribution is 7.80. The summed E-state index contributed by atoms with van der Waals surface area (Å²) in [5.74, 6) is -0.0280. The number of thiocarbonyl (C=S) groups is 1. The van der Waals surface area contributed by atoms with Gasteiger partial charge in [0.25, 0.3) is 5.91 Å². The van der Waals surface area contributed by atoms with Crippen molar-refractivity contribution in [3.63, 3.8) is 0 Å². The van der Waals surface area contributed by atoms with Gasteiger partial charge >= 0.3 is 0 Å². The van der Waals surface area contributed by atoms with Crippen LogP contribution in [0, 0.1) is 12.8 Å². The molecule has 1 atom stereocenters. The van der Waals surface area contributed by atoms with E-state index in [1.807, 2.05) is 24.6 Å². The Kier molecular flexibility index (Phi) is 4.23. The van der Waals surface area contributed by atoms with Crippen LogP contribution in [-0.4, -0.2) is 17.4 Å². The summed E-state index contributed by atoms with van der Waals surface area (Å²) in [6, 6.07) is 0. The third kappa shape index (κ3) is 3.28. The van der Waals surface area contributed by atoms with E-state index in [1.165, 1.54) is 11.3 Å². The van der Waals surface area contributed by atoms with E-state index in [4.69, 9.17) is 18.0 Å². The van der Waals surface area contributed by atoms with Crippen molar-refractivity contribution >= 4 is 34.5 Å². The highest BCUT2D eigenvalue weighted by Gasteiger charge is 2.11. The monoisotopic (exact) mass is 242 g/mol. The van der Waals surface area contributed by atoms with Crippen molar-refractivity contribution in [1.29, 1.82) is 0 Å². The number of rotatable bonds is 4. The van der Waals surface area contributed by atoms with Gasteiger partial charge in [0.15, 0.2) is 0 Å².